The van der Waals surface area contributed by atoms with E-state index in [-0.39, 0.29) is 36.5 Å². The van der Waals surface area contributed by atoms with Crippen molar-refractivity contribution in [1.82, 2.24) is 19.2 Å². The molecule has 3 fully saturated rings. The minimum absolute atomic E-state index is 0.00342. The third-order valence-electron chi connectivity index (χ3n) is 9.25. The third-order valence-corrected chi connectivity index (χ3v) is 12.6. The average molecular weight is 687 g/mol. The second-order valence-electron chi connectivity index (χ2n) is 12.5. The number of benzene rings is 3. The second kappa shape index (κ2) is 14.2. The first-order valence-corrected chi connectivity index (χ1v) is 19.0. The first kappa shape index (κ1) is 33.8. The number of carbonyl (C=O) groups is 1. The number of rotatable bonds is 13. The molecule has 3 aromatic rings. The van der Waals surface area contributed by atoms with E-state index in [0.717, 1.165) is 17.2 Å². The van der Waals surface area contributed by atoms with Crippen LogP contribution < -0.4 is 14.8 Å². The highest BCUT2D eigenvalue weighted by Gasteiger charge is 2.44. The highest BCUT2D eigenvalue weighted by molar-refractivity contribution is 7.89. The monoisotopic (exact) mass is 686 g/mol. The number of nitrogens with zero attached hydrogens (tertiary/aromatic N) is 2. The molecule has 254 valence electrons. The zero-order valence-corrected chi connectivity index (χ0v) is 27.8. The molecule has 0 bridgehead atoms. The van der Waals surface area contributed by atoms with Gasteiger partial charge in [0.05, 0.1) is 22.0 Å². The van der Waals surface area contributed by atoms with Crippen LogP contribution in [0.2, 0.25) is 0 Å². The number of piperidine rings is 1. The van der Waals surface area contributed by atoms with Crippen LogP contribution in [0.25, 0.3) is 10.8 Å². The molecule has 2 atom stereocenters. The van der Waals surface area contributed by atoms with Gasteiger partial charge in [-0.15, -0.1) is 0 Å². The van der Waals surface area contributed by atoms with Gasteiger partial charge in [-0.25, -0.2) is 21.6 Å². The van der Waals surface area contributed by atoms with Gasteiger partial charge in [0.2, 0.25) is 26.0 Å². The molecule has 0 saturated carbocycles. The van der Waals surface area contributed by atoms with E-state index in [0.29, 0.717) is 69.1 Å². The number of ether oxygens (including phenoxy) is 2. The maximum atomic E-state index is 13.4. The summed E-state index contributed by atoms with van der Waals surface area (Å²) in [5.41, 5.74) is -0.404. The summed E-state index contributed by atoms with van der Waals surface area (Å²) in [6, 6.07) is 19.0. The molecular formula is C33H42N4O8S2. The normalized spacial score (nSPS) is 21.1. The summed E-state index contributed by atoms with van der Waals surface area (Å²) in [5.74, 6) is 0.356. The number of carbonyl (C=O) groups excluding carboxylic acids is 1. The predicted octanol–water partition coefficient (Wildman–Crippen LogP) is 2.08. The topological polar surface area (TPSA) is 155 Å². The van der Waals surface area contributed by atoms with Gasteiger partial charge in [0.1, 0.15) is 18.5 Å². The number of amides is 1. The van der Waals surface area contributed by atoms with Crippen LogP contribution in [0, 0.1) is 0 Å². The molecular weight excluding hydrogens is 645 g/mol. The lowest BCUT2D eigenvalue weighted by Crippen LogP contribution is -2.47. The number of nitrogens with one attached hydrogen (secondary N) is 2. The molecule has 14 heteroatoms. The van der Waals surface area contributed by atoms with Crippen molar-refractivity contribution in [1.29, 1.82) is 0 Å². The van der Waals surface area contributed by atoms with E-state index in [4.69, 9.17) is 9.47 Å². The fraction of sp³-hybridized carbons (Fsp3) is 0.485. The number of hydrogen-bond acceptors (Lipinski definition) is 9. The zero-order valence-electron chi connectivity index (χ0n) is 26.2. The smallest absolute Gasteiger partial charge is 0.243 e. The Labute approximate surface area is 276 Å². The van der Waals surface area contributed by atoms with Crippen molar-refractivity contribution >= 4 is 36.7 Å². The summed E-state index contributed by atoms with van der Waals surface area (Å²) in [5, 5.41) is 15.8. The van der Waals surface area contributed by atoms with Crippen LogP contribution in [0.3, 0.4) is 0 Å². The first-order valence-electron chi connectivity index (χ1n) is 16.1. The Morgan fingerprint density at radius 2 is 1.74 bits per heavy atom. The number of fused-ring (bicyclic) bond motifs is 1. The van der Waals surface area contributed by atoms with Gasteiger partial charge in [0.15, 0.2) is 0 Å². The first-order chi connectivity index (χ1) is 22.5. The van der Waals surface area contributed by atoms with Crippen LogP contribution in [0.15, 0.2) is 76.5 Å². The molecule has 0 aromatic heterocycles. The molecule has 0 aliphatic carbocycles. The van der Waals surface area contributed by atoms with Crippen LogP contribution in [-0.4, -0.2) is 107 Å². The Morgan fingerprint density at radius 3 is 2.51 bits per heavy atom. The number of likely N-dealkylation sites (tertiary alicyclic amines) is 1. The molecule has 2 unspecified atom stereocenters. The fourth-order valence-electron chi connectivity index (χ4n) is 6.56. The van der Waals surface area contributed by atoms with Gasteiger partial charge in [0.25, 0.3) is 0 Å². The summed E-state index contributed by atoms with van der Waals surface area (Å²) < 4.78 is 68.3. The molecule has 3 N–H and O–H groups in total. The highest BCUT2D eigenvalue weighted by atomic mass is 32.2. The molecule has 12 nitrogen and oxygen atoms in total. The molecule has 3 aliphatic rings. The molecule has 47 heavy (non-hydrogen) atoms. The van der Waals surface area contributed by atoms with Crippen molar-refractivity contribution < 1.29 is 36.2 Å². The SMILES string of the molecule is O=C1CCCN1CCNS(=O)(=O)c1cccc(OCC(O)CNC2COC3(CCN(S(=O)(=O)c4ccc5ccccc5c4)CC3)C2)c1. The zero-order chi connectivity index (χ0) is 33.1. The van der Waals surface area contributed by atoms with Gasteiger partial charge < -0.3 is 24.8 Å². The summed E-state index contributed by atoms with van der Waals surface area (Å²) >= 11 is 0. The maximum absolute atomic E-state index is 13.4. The summed E-state index contributed by atoms with van der Waals surface area (Å²) in [6.07, 6.45) is 2.34. The van der Waals surface area contributed by atoms with E-state index in [1.165, 1.54) is 12.1 Å². The van der Waals surface area contributed by atoms with Crippen LogP contribution in [0.4, 0.5) is 0 Å². The van der Waals surface area contributed by atoms with Gasteiger partial charge >= 0.3 is 0 Å². The molecule has 0 radical (unpaired) electrons. The summed E-state index contributed by atoms with van der Waals surface area (Å²) in [6.45, 7) is 2.52. The third kappa shape index (κ3) is 7.96. The Kier molecular flexibility index (Phi) is 10.2. The Bertz CT molecular complexity index is 1790. The van der Waals surface area contributed by atoms with Crippen LogP contribution in [-0.2, 0) is 29.6 Å². The quantitative estimate of drug-likeness (QED) is 0.245. The number of aliphatic hydroxyl groups excluding tert-OH is 1. The molecule has 6 rings (SSSR count). The Morgan fingerprint density at radius 1 is 0.957 bits per heavy atom. The molecule has 3 heterocycles. The minimum Gasteiger partial charge on any atom is -0.491 e. The Hall–Kier alpha value is -3.11. The van der Waals surface area contributed by atoms with Gasteiger partial charge in [-0.1, -0.05) is 36.4 Å². The predicted molar refractivity (Wildman–Crippen MR) is 176 cm³/mol. The maximum Gasteiger partial charge on any atom is 0.243 e. The van der Waals surface area contributed by atoms with E-state index in [1.807, 2.05) is 30.3 Å². The van der Waals surface area contributed by atoms with Gasteiger partial charge in [-0.05, 0) is 60.7 Å². The molecule has 3 saturated heterocycles. The fourth-order valence-corrected chi connectivity index (χ4v) is 9.09. The van der Waals surface area contributed by atoms with Crippen molar-refractivity contribution in [3.8, 4) is 5.75 Å². The molecule has 3 aromatic carbocycles. The van der Waals surface area contributed by atoms with Crippen molar-refractivity contribution in [3.05, 3.63) is 66.7 Å². The molecule has 1 spiro atoms. The van der Waals surface area contributed by atoms with Crippen LogP contribution in [0.5, 0.6) is 5.75 Å². The summed E-state index contributed by atoms with van der Waals surface area (Å²) in [7, 11) is -7.41. The number of hydrogen-bond donors (Lipinski definition) is 3. The highest BCUT2D eigenvalue weighted by Crippen LogP contribution is 2.37. The average Bonchev–Trinajstić information content (AvgIpc) is 3.67. The van der Waals surface area contributed by atoms with Crippen molar-refractivity contribution in [2.75, 3.05) is 52.5 Å². The number of sulfonamides is 2. The molecule has 1 amide bonds. The lowest BCUT2D eigenvalue weighted by Gasteiger charge is -2.38. The van der Waals surface area contributed by atoms with Crippen molar-refractivity contribution in [3.63, 3.8) is 0 Å². The van der Waals surface area contributed by atoms with Crippen LogP contribution >= 0.6 is 0 Å². The minimum atomic E-state index is -3.79. The van der Waals surface area contributed by atoms with Gasteiger partial charge in [0, 0.05) is 57.8 Å². The standard InChI is InChI=1S/C33H42N4O8S2/c38-28(24-44-29-7-3-8-30(20-29)46(40,41)35-14-18-36-15-4-9-32(36)39)22-34-27-21-33(45-23-27)12-16-37(17-13-33)47(42,43)31-11-10-25-5-1-2-6-26(25)19-31/h1-3,5-8,10-11,19-20,27-28,34-35,38H,4,9,12-18,21-24H2. The molecule has 3 aliphatic heterocycles. The second-order valence-corrected chi connectivity index (χ2v) is 16.2. The number of aliphatic hydroxyl groups is 1. The van der Waals surface area contributed by atoms with E-state index in [2.05, 4.69) is 10.0 Å². The van der Waals surface area contributed by atoms with E-state index in [1.54, 1.807) is 33.5 Å². The lowest BCUT2D eigenvalue weighted by molar-refractivity contribution is -0.127. The van der Waals surface area contributed by atoms with E-state index < -0.39 is 31.8 Å². The van der Waals surface area contributed by atoms with E-state index >= 15 is 0 Å². The van der Waals surface area contributed by atoms with Gasteiger partial charge in [-0.3, -0.25) is 4.79 Å². The largest absolute Gasteiger partial charge is 0.491 e. The van der Waals surface area contributed by atoms with Crippen molar-refractivity contribution in [2.45, 2.75) is 59.6 Å². The lowest BCUT2D eigenvalue weighted by atomic mass is 9.88. The van der Waals surface area contributed by atoms with Crippen molar-refractivity contribution in [2.24, 2.45) is 0 Å². The van der Waals surface area contributed by atoms with Crippen LogP contribution in [0.1, 0.15) is 32.1 Å². The Balaban J connectivity index is 0.932. The summed E-state index contributed by atoms with van der Waals surface area (Å²) in [4.78, 5) is 13.7. The van der Waals surface area contributed by atoms with Gasteiger partial charge in [-0.2, -0.15) is 4.31 Å². The van der Waals surface area contributed by atoms with E-state index in [9.17, 15) is 26.7 Å².